The molecule has 0 aromatic heterocycles. The van der Waals surface area contributed by atoms with E-state index in [1.54, 1.807) is 0 Å². The van der Waals surface area contributed by atoms with Gasteiger partial charge in [0.15, 0.2) is 5.82 Å². The summed E-state index contributed by atoms with van der Waals surface area (Å²) >= 11 is 5.66. The molecule has 4 aliphatic carbocycles. The maximum atomic E-state index is 14.0. The minimum atomic E-state index is -3.98. The fraction of sp³-hybridized carbons (Fsp3) is 0.652. The van der Waals surface area contributed by atoms with Crippen LogP contribution in [0.5, 0.6) is 0 Å². The van der Waals surface area contributed by atoms with Gasteiger partial charge in [-0.15, -0.1) is 0 Å². The minimum absolute atomic E-state index is 0.00202. The van der Waals surface area contributed by atoms with Crippen molar-refractivity contribution in [2.75, 3.05) is 6.54 Å². The van der Waals surface area contributed by atoms with Crippen molar-refractivity contribution in [3.8, 4) is 0 Å². The largest absolute Gasteiger partial charge is 0.369 e. The Morgan fingerprint density at radius 2 is 1.82 bits per heavy atom. The van der Waals surface area contributed by atoms with Crippen molar-refractivity contribution in [2.45, 2.75) is 68.7 Å². The van der Waals surface area contributed by atoms with Crippen molar-refractivity contribution in [1.82, 2.24) is 10.0 Å². The number of hydrogen-bond donors (Lipinski definition) is 3. The first kappa shape index (κ1) is 24.4. The summed E-state index contributed by atoms with van der Waals surface area (Å²) in [6.07, 6.45) is 6.80. The van der Waals surface area contributed by atoms with Crippen LogP contribution in [-0.4, -0.2) is 32.8 Å². The van der Waals surface area contributed by atoms with Crippen LogP contribution in [0.2, 0.25) is 5.02 Å². The second kappa shape index (κ2) is 9.50. The number of hydrogen-bond acceptors (Lipinski definition) is 4. The van der Waals surface area contributed by atoms with Gasteiger partial charge in [0, 0.05) is 24.4 Å². The van der Waals surface area contributed by atoms with Gasteiger partial charge in [-0.1, -0.05) is 24.1 Å². The zero-order valence-electron chi connectivity index (χ0n) is 18.5. The highest BCUT2D eigenvalue weighted by Gasteiger charge is 2.58. The van der Waals surface area contributed by atoms with E-state index in [2.05, 4.69) is 10.0 Å². The number of nitrogens with two attached hydrogens (primary N) is 1. The molecule has 0 heterocycles. The highest BCUT2D eigenvalue weighted by atomic mass is 35.5. The predicted octanol–water partition coefficient (Wildman–Crippen LogP) is 3.11. The summed E-state index contributed by atoms with van der Waals surface area (Å²) in [4.78, 5) is 24.1. The number of carbonyl (C=O) groups is 2. The average Bonchev–Trinajstić information content (AvgIpc) is 2.74. The van der Waals surface area contributed by atoms with Crippen molar-refractivity contribution in [3.63, 3.8) is 0 Å². The first-order valence-electron chi connectivity index (χ1n) is 11.6. The summed E-state index contributed by atoms with van der Waals surface area (Å²) in [6, 6.07) is 3.97. The summed E-state index contributed by atoms with van der Waals surface area (Å²) in [6.45, 7) is 0.152. The second-order valence-corrected chi connectivity index (χ2v) is 12.1. The number of carbonyl (C=O) groups excluding carboxylic acids is 2. The number of rotatable bonds is 10. The number of nitrogens with one attached hydrogen (secondary N) is 2. The van der Waals surface area contributed by atoms with Crippen LogP contribution in [0.3, 0.4) is 0 Å². The molecule has 0 aliphatic heterocycles. The Bertz CT molecular complexity index is 1020. The molecule has 7 nitrogen and oxygen atoms in total. The first-order chi connectivity index (χ1) is 15.6. The van der Waals surface area contributed by atoms with E-state index < -0.39 is 20.7 Å². The lowest BCUT2D eigenvalue weighted by Gasteiger charge is -2.58. The fourth-order valence-corrected chi connectivity index (χ4v) is 7.79. The molecule has 2 unspecified atom stereocenters. The van der Waals surface area contributed by atoms with Gasteiger partial charge in [-0.2, -0.15) is 0 Å². The zero-order chi connectivity index (χ0) is 23.8. The highest BCUT2D eigenvalue weighted by molar-refractivity contribution is 7.89. The third-order valence-electron chi connectivity index (χ3n) is 7.70. The maximum absolute atomic E-state index is 14.0. The van der Waals surface area contributed by atoms with Gasteiger partial charge in [0.1, 0.15) is 4.90 Å². The molecular formula is C23H31ClFN3O4S. The molecule has 1 aromatic rings. The molecule has 4 saturated carbocycles. The van der Waals surface area contributed by atoms with Crippen molar-refractivity contribution < 1.29 is 22.4 Å². The molecule has 4 bridgehead atoms. The van der Waals surface area contributed by atoms with E-state index in [1.807, 2.05) is 0 Å². The van der Waals surface area contributed by atoms with Crippen molar-refractivity contribution in [2.24, 2.45) is 28.9 Å². The van der Waals surface area contributed by atoms with Crippen molar-refractivity contribution in [3.05, 3.63) is 29.0 Å². The predicted molar refractivity (Wildman–Crippen MR) is 122 cm³/mol. The molecule has 0 radical (unpaired) electrons. The van der Waals surface area contributed by atoms with Crippen LogP contribution >= 0.6 is 11.6 Å². The Hall–Kier alpha value is -1.71. The molecular weight excluding hydrogens is 469 g/mol. The van der Waals surface area contributed by atoms with Gasteiger partial charge in [0.05, 0.1) is 5.02 Å². The molecule has 4 fully saturated rings. The number of amides is 2. The van der Waals surface area contributed by atoms with Crippen LogP contribution in [0.4, 0.5) is 4.39 Å². The van der Waals surface area contributed by atoms with E-state index in [4.69, 9.17) is 17.3 Å². The molecule has 10 heteroatoms. The molecule has 2 atom stereocenters. The Kier molecular flexibility index (Phi) is 7.03. The monoisotopic (exact) mass is 499 g/mol. The molecule has 0 spiro atoms. The summed E-state index contributed by atoms with van der Waals surface area (Å²) < 4.78 is 40.8. The molecule has 4 aliphatic rings. The quantitative estimate of drug-likeness (QED) is 0.428. The number of primary amides is 1. The van der Waals surface area contributed by atoms with Gasteiger partial charge < -0.3 is 11.1 Å². The van der Waals surface area contributed by atoms with Gasteiger partial charge in [-0.3, -0.25) is 9.59 Å². The highest BCUT2D eigenvalue weighted by Crippen LogP contribution is 2.59. The van der Waals surface area contributed by atoms with Crippen LogP contribution in [0.15, 0.2) is 23.1 Å². The van der Waals surface area contributed by atoms with E-state index >= 15 is 0 Å². The van der Waals surface area contributed by atoms with Gasteiger partial charge in [0.25, 0.3) is 0 Å². The number of benzene rings is 1. The van der Waals surface area contributed by atoms with Crippen molar-refractivity contribution in [1.29, 1.82) is 0 Å². The lowest BCUT2D eigenvalue weighted by atomic mass is 9.47. The third-order valence-corrected chi connectivity index (χ3v) is 9.47. The Balaban J connectivity index is 1.18. The molecule has 5 rings (SSSR count). The zero-order valence-corrected chi connectivity index (χ0v) is 20.1. The second-order valence-electron chi connectivity index (χ2n) is 9.97. The van der Waals surface area contributed by atoms with E-state index in [0.29, 0.717) is 43.4 Å². The third kappa shape index (κ3) is 5.05. The molecule has 0 saturated heterocycles. The summed E-state index contributed by atoms with van der Waals surface area (Å²) in [5.74, 6) is 0.0627. The Morgan fingerprint density at radius 1 is 1.12 bits per heavy atom. The number of sulfonamides is 1. The van der Waals surface area contributed by atoms with E-state index in [-0.39, 0.29) is 34.8 Å². The van der Waals surface area contributed by atoms with Gasteiger partial charge in [0.2, 0.25) is 21.8 Å². The fourth-order valence-electron chi connectivity index (χ4n) is 6.38. The first-order valence-corrected chi connectivity index (χ1v) is 13.5. The lowest BCUT2D eigenvalue weighted by molar-refractivity contribution is -0.147. The molecule has 2 amide bonds. The van der Waals surface area contributed by atoms with Crippen LogP contribution in [-0.2, 0) is 19.6 Å². The van der Waals surface area contributed by atoms with Gasteiger partial charge in [-0.05, 0) is 74.8 Å². The van der Waals surface area contributed by atoms with Crippen LogP contribution in [0.1, 0.15) is 57.8 Å². The molecule has 1 aromatic carbocycles. The van der Waals surface area contributed by atoms with Crippen LogP contribution in [0.25, 0.3) is 0 Å². The SMILES string of the molecule is NC(=O)C12CC3CC(C1)C(NC(=O)CCCCCNS(=O)(=O)c1cccc(Cl)c1F)C(C3)C2. The van der Waals surface area contributed by atoms with Crippen LogP contribution in [0, 0.1) is 29.0 Å². The van der Waals surface area contributed by atoms with Crippen molar-refractivity contribution >= 4 is 33.4 Å². The Morgan fingerprint density at radius 3 is 2.48 bits per heavy atom. The topological polar surface area (TPSA) is 118 Å². The van der Waals surface area contributed by atoms with E-state index in [1.165, 1.54) is 18.2 Å². The Labute approximate surface area is 199 Å². The van der Waals surface area contributed by atoms with Crippen LogP contribution < -0.4 is 15.8 Å². The smallest absolute Gasteiger partial charge is 0.243 e. The normalized spacial score (nSPS) is 30.4. The summed E-state index contributed by atoms with van der Waals surface area (Å²) in [5.41, 5.74) is 5.36. The molecule has 4 N–H and O–H groups in total. The van der Waals surface area contributed by atoms with E-state index in [0.717, 1.165) is 32.1 Å². The van der Waals surface area contributed by atoms with E-state index in [9.17, 15) is 22.4 Å². The molecule has 182 valence electrons. The van der Waals surface area contributed by atoms with Gasteiger partial charge in [-0.25, -0.2) is 17.5 Å². The average molecular weight is 500 g/mol. The number of halogens is 2. The summed E-state index contributed by atoms with van der Waals surface area (Å²) in [7, 11) is -3.98. The minimum Gasteiger partial charge on any atom is -0.369 e. The lowest BCUT2D eigenvalue weighted by Crippen LogP contribution is -2.62. The standard InChI is InChI=1S/C23H31ClFN3O4S/c24-17-5-4-6-18(20(17)25)33(31,32)27-8-3-1-2-7-19(29)28-21-15-9-14-10-16(21)13-23(11-14,12-15)22(26)30/h4-6,14-16,21,27H,1-3,7-13H2,(H2,26,30)(H,28,29). The summed E-state index contributed by atoms with van der Waals surface area (Å²) in [5, 5.41) is 2.97. The van der Waals surface area contributed by atoms with Gasteiger partial charge >= 0.3 is 0 Å². The maximum Gasteiger partial charge on any atom is 0.243 e. The number of unbranched alkanes of at least 4 members (excludes halogenated alkanes) is 2. The molecule has 33 heavy (non-hydrogen) atoms.